The van der Waals surface area contributed by atoms with E-state index in [-0.39, 0.29) is 11.8 Å². The van der Waals surface area contributed by atoms with Gasteiger partial charge in [-0.3, -0.25) is 4.79 Å². The third-order valence-electron chi connectivity index (χ3n) is 2.13. The Morgan fingerprint density at radius 2 is 2.21 bits per heavy atom. The molecule has 2 rings (SSSR count). The number of morpholine rings is 1. The van der Waals surface area contributed by atoms with Gasteiger partial charge < -0.3 is 19.9 Å². The first-order valence-electron chi connectivity index (χ1n) is 4.36. The topological polar surface area (TPSA) is 81.6 Å². The summed E-state index contributed by atoms with van der Waals surface area (Å²) in [4.78, 5) is 13.4. The van der Waals surface area contributed by atoms with Crippen molar-refractivity contribution in [2.75, 3.05) is 32.0 Å². The number of ether oxygens (including phenoxy) is 1. The van der Waals surface area contributed by atoms with E-state index < -0.39 is 0 Å². The Hall–Kier alpha value is -1.56. The largest absolute Gasteiger partial charge is 0.378 e. The summed E-state index contributed by atoms with van der Waals surface area (Å²) in [6.45, 7) is 2.31. The Balaban J connectivity index is 2.11. The molecule has 0 radical (unpaired) electrons. The Bertz CT molecular complexity index is 330. The van der Waals surface area contributed by atoms with Crippen LogP contribution >= 0.6 is 0 Å². The summed E-state index contributed by atoms with van der Waals surface area (Å²) >= 11 is 0. The third kappa shape index (κ3) is 1.56. The van der Waals surface area contributed by atoms with Crippen molar-refractivity contribution >= 4 is 11.8 Å². The standard InChI is InChI=1S/C8H11N3O3/c9-7-6(5-10-14-7)8(12)11-1-3-13-4-2-11/h5H,1-4,9H2. The fourth-order valence-electron chi connectivity index (χ4n) is 1.35. The van der Waals surface area contributed by atoms with Crippen LogP contribution in [-0.2, 0) is 4.74 Å². The quantitative estimate of drug-likeness (QED) is 0.670. The van der Waals surface area contributed by atoms with E-state index in [1.165, 1.54) is 6.20 Å². The molecule has 1 aromatic heterocycles. The van der Waals surface area contributed by atoms with Crippen molar-refractivity contribution in [3.63, 3.8) is 0 Å². The first-order valence-corrected chi connectivity index (χ1v) is 4.36. The van der Waals surface area contributed by atoms with Crippen LogP contribution in [0.15, 0.2) is 10.7 Å². The van der Waals surface area contributed by atoms with Gasteiger partial charge in [-0.05, 0) is 0 Å². The van der Waals surface area contributed by atoms with Crippen molar-refractivity contribution in [3.05, 3.63) is 11.8 Å². The molecule has 2 N–H and O–H groups in total. The fourth-order valence-corrected chi connectivity index (χ4v) is 1.35. The molecule has 76 valence electrons. The summed E-state index contributed by atoms with van der Waals surface area (Å²) in [5.74, 6) is -0.0754. The van der Waals surface area contributed by atoms with E-state index >= 15 is 0 Å². The molecule has 0 spiro atoms. The van der Waals surface area contributed by atoms with Gasteiger partial charge in [-0.25, -0.2) is 0 Å². The Kier molecular flexibility index (Phi) is 2.36. The third-order valence-corrected chi connectivity index (χ3v) is 2.13. The zero-order valence-electron chi connectivity index (χ0n) is 7.60. The molecule has 0 aromatic carbocycles. The first kappa shape index (κ1) is 9.01. The summed E-state index contributed by atoms with van der Waals surface area (Å²) in [5, 5.41) is 3.46. The van der Waals surface area contributed by atoms with Gasteiger partial charge in [-0.1, -0.05) is 5.16 Å². The lowest BCUT2D eigenvalue weighted by Crippen LogP contribution is -2.40. The van der Waals surface area contributed by atoms with Gasteiger partial charge in [0.1, 0.15) is 5.56 Å². The summed E-state index contributed by atoms with van der Waals surface area (Å²) in [5.41, 5.74) is 5.77. The molecule has 0 atom stereocenters. The average Bonchev–Trinajstić information content (AvgIpc) is 2.65. The van der Waals surface area contributed by atoms with E-state index in [0.717, 1.165) is 0 Å². The molecule has 1 amide bonds. The minimum absolute atomic E-state index is 0.0708. The van der Waals surface area contributed by atoms with Crippen LogP contribution in [0, 0.1) is 0 Å². The number of nitrogens with two attached hydrogens (primary N) is 1. The van der Waals surface area contributed by atoms with Crippen LogP contribution in [0.25, 0.3) is 0 Å². The summed E-state index contributed by atoms with van der Waals surface area (Å²) in [6, 6.07) is 0. The molecule has 0 aliphatic carbocycles. The van der Waals surface area contributed by atoms with Crippen LogP contribution < -0.4 is 5.73 Å². The highest BCUT2D eigenvalue weighted by molar-refractivity contribution is 5.97. The number of carbonyl (C=O) groups excluding carboxylic acids is 1. The van der Waals surface area contributed by atoms with E-state index in [0.29, 0.717) is 31.9 Å². The maximum absolute atomic E-state index is 11.8. The van der Waals surface area contributed by atoms with Crippen molar-refractivity contribution in [3.8, 4) is 0 Å². The number of aromatic nitrogens is 1. The van der Waals surface area contributed by atoms with E-state index in [2.05, 4.69) is 9.68 Å². The molecular formula is C8H11N3O3. The summed E-state index contributed by atoms with van der Waals surface area (Å²) in [6.07, 6.45) is 1.34. The fraction of sp³-hybridized carbons (Fsp3) is 0.500. The number of anilines is 1. The lowest BCUT2D eigenvalue weighted by Gasteiger charge is -2.26. The van der Waals surface area contributed by atoms with Gasteiger partial charge in [0.2, 0.25) is 5.88 Å². The Morgan fingerprint density at radius 1 is 1.50 bits per heavy atom. The second-order valence-electron chi connectivity index (χ2n) is 3.01. The van der Waals surface area contributed by atoms with Crippen LogP contribution in [0.2, 0.25) is 0 Å². The molecule has 0 unspecified atom stereocenters. The second kappa shape index (κ2) is 3.67. The van der Waals surface area contributed by atoms with Gasteiger partial charge in [-0.2, -0.15) is 0 Å². The lowest BCUT2D eigenvalue weighted by atomic mass is 10.2. The van der Waals surface area contributed by atoms with Crippen LogP contribution in [0.4, 0.5) is 5.88 Å². The first-order chi connectivity index (χ1) is 6.79. The number of hydrogen-bond acceptors (Lipinski definition) is 5. The van der Waals surface area contributed by atoms with Gasteiger partial charge in [-0.15, -0.1) is 0 Å². The number of nitrogens with zero attached hydrogens (tertiary/aromatic N) is 2. The van der Waals surface area contributed by atoms with Gasteiger partial charge >= 0.3 is 0 Å². The smallest absolute Gasteiger partial charge is 0.261 e. The van der Waals surface area contributed by atoms with Crippen LogP contribution in [-0.4, -0.2) is 42.3 Å². The highest BCUT2D eigenvalue weighted by Gasteiger charge is 2.22. The molecule has 0 saturated carbocycles. The number of rotatable bonds is 1. The number of hydrogen-bond donors (Lipinski definition) is 1. The van der Waals surface area contributed by atoms with Crippen LogP contribution in [0.3, 0.4) is 0 Å². The molecule has 1 aliphatic heterocycles. The molecule has 0 bridgehead atoms. The highest BCUT2D eigenvalue weighted by Crippen LogP contribution is 2.13. The van der Waals surface area contributed by atoms with Gasteiger partial charge in [0.25, 0.3) is 5.91 Å². The second-order valence-corrected chi connectivity index (χ2v) is 3.01. The maximum atomic E-state index is 11.8. The number of nitrogen functional groups attached to an aromatic ring is 1. The lowest BCUT2D eigenvalue weighted by molar-refractivity contribution is 0.0303. The molecular weight excluding hydrogens is 186 g/mol. The molecule has 1 aromatic rings. The SMILES string of the molecule is Nc1oncc1C(=O)N1CCOCC1. The Labute approximate surface area is 80.6 Å². The molecule has 6 nitrogen and oxygen atoms in total. The minimum Gasteiger partial charge on any atom is -0.378 e. The summed E-state index contributed by atoms with van der Waals surface area (Å²) in [7, 11) is 0. The van der Waals surface area contributed by atoms with Gasteiger partial charge in [0, 0.05) is 13.1 Å². The summed E-state index contributed by atoms with van der Waals surface area (Å²) < 4.78 is 9.76. The van der Waals surface area contributed by atoms with E-state index in [4.69, 9.17) is 10.5 Å². The predicted molar refractivity (Wildman–Crippen MR) is 47.6 cm³/mol. The Morgan fingerprint density at radius 3 is 2.79 bits per heavy atom. The van der Waals surface area contributed by atoms with Crippen molar-refractivity contribution in [1.82, 2.24) is 10.1 Å². The van der Waals surface area contributed by atoms with Crippen LogP contribution in [0.5, 0.6) is 0 Å². The molecule has 1 aliphatic rings. The zero-order chi connectivity index (χ0) is 9.97. The van der Waals surface area contributed by atoms with Crippen molar-refractivity contribution in [1.29, 1.82) is 0 Å². The van der Waals surface area contributed by atoms with E-state index in [1.807, 2.05) is 0 Å². The van der Waals surface area contributed by atoms with E-state index in [1.54, 1.807) is 4.90 Å². The zero-order valence-corrected chi connectivity index (χ0v) is 7.60. The molecule has 2 heterocycles. The van der Waals surface area contributed by atoms with Crippen LogP contribution in [0.1, 0.15) is 10.4 Å². The van der Waals surface area contributed by atoms with Gasteiger partial charge in [0.15, 0.2) is 0 Å². The monoisotopic (exact) mass is 197 g/mol. The molecule has 1 saturated heterocycles. The van der Waals surface area contributed by atoms with Crippen molar-refractivity contribution in [2.24, 2.45) is 0 Å². The molecule has 14 heavy (non-hydrogen) atoms. The highest BCUT2D eigenvalue weighted by atomic mass is 16.5. The number of amides is 1. The average molecular weight is 197 g/mol. The van der Waals surface area contributed by atoms with Crippen molar-refractivity contribution < 1.29 is 14.1 Å². The maximum Gasteiger partial charge on any atom is 0.261 e. The molecule has 1 fully saturated rings. The van der Waals surface area contributed by atoms with Gasteiger partial charge in [0.05, 0.1) is 19.4 Å². The predicted octanol–water partition coefficient (Wildman–Crippen LogP) is -0.271. The van der Waals surface area contributed by atoms with Crippen molar-refractivity contribution in [2.45, 2.75) is 0 Å². The normalized spacial score (nSPS) is 17.0. The minimum atomic E-state index is -0.146. The van der Waals surface area contributed by atoms with E-state index in [9.17, 15) is 4.79 Å². The number of carbonyl (C=O) groups is 1. The molecule has 6 heteroatoms.